The lowest BCUT2D eigenvalue weighted by molar-refractivity contribution is -0.0487. The predicted octanol–water partition coefficient (Wildman–Crippen LogP) is -1.30. The maximum atomic E-state index is 9.09. The van der Waals surface area contributed by atoms with E-state index in [-0.39, 0.29) is 13.2 Å². The molecule has 0 saturated heterocycles. The molecule has 0 aromatic carbocycles. The molecule has 0 rings (SSSR count). The Morgan fingerprint density at radius 3 is 1.93 bits per heavy atom. The van der Waals surface area contributed by atoms with E-state index in [0.717, 1.165) is 0 Å². The highest BCUT2D eigenvalue weighted by molar-refractivity contribution is 4.59. The Kier molecular flexibility index (Phi) is 8.88. The van der Waals surface area contributed by atoms with Gasteiger partial charge in [-0.2, -0.15) is 0 Å². The average Bonchev–Trinajstić information content (AvgIpc) is 2.14. The van der Waals surface area contributed by atoms with Crippen molar-refractivity contribution in [1.29, 1.82) is 0 Å². The molecule has 0 aliphatic carbocycles. The molecule has 6 nitrogen and oxygen atoms in total. The molecule has 0 aliphatic heterocycles. The molecule has 0 bridgehead atoms. The molecule has 0 aliphatic rings. The van der Waals surface area contributed by atoms with Crippen LogP contribution in [-0.2, 0) is 14.2 Å². The van der Waals surface area contributed by atoms with Crippen molar-refractivity contribution in [3.05, 3.63) is 0 Å². The number of aliphatic hydroxyl groups excluding tert-OH is 1. The molecule has 6 heteroatoms. The van der Waals surface area contributed by atoms with Gasteiger partial charge in [-0.25, -0.2) is 0 Å². The van der Waals surface area contributed by atoms with Crippen molar-refractivity contribution in [2.45, 2.75) is 12.6 Å². The van der Waals surface area contributed by atoms with Crippen LogP contribution >= 0.6 is 0 Å². The highest BCUT2D eigenvalue weighted by Gasteiger charge is 2.11. The van der Waals surface area contributed by atoms with E-state index < -0.39 is 5.72 Å². The zero-order valence-electron chi connectivity index (χ0n) is 9.15. The van der Waals surface area contributed by atoms with E-state index >= 15 is 0 Å². The number of hydrogen-bond donors (Lipinski definition) is 3. The van der Waals surface area contributed by atoms with Gasteiger partial charge in [-0.3, -0.25) is 0 Å². The van der Waals surface area contributed by atoms with Crippen molar-refractivity contribution < 1.29 is 24.4 Å². The number of rotatable bonds is 10. The third-order valence-corrected chi connectivity index (χ3v) is 1.37. The Bertz CT molecular complexity index is 137. The van der Waals surface area contributed by atoms with Gasteiger partial charge in [-0.15, -0.1) is 0 Å². The Hall–Kier alpha value is -0.240. The summed E-state index contributed by atoms with van der Waals surface area (Å²) in [5, 5.41) is 17.5. The zero-order chi connectivity index (χ0) is 11.6. The predicted molar refractivity (Wildman–Crippen MR) is 54.4 cm³/mol. The second-order valence-electron chi connectivity index (χ2n) is 3.36. The van der Waals surface area contributed by atoms with Gasteiger partial charge in [0.1, 0.15) is 5.72 Å². The van der Waals surface area contributed by atoms with Crippen LogP contribution in [0.25, 0.3) is 0 Å². The zero-order valence-corrected chi connectivity index (χ0v) is 9.15. The first-order valence-corrected chi connectivity index (χ1v) is 4.91. The number of nitrogens with two attached hydrogens (primary N) is 1. The summed E-state index contributed by atoms with van der Waals surface area (Å²) in [6.45, 7) is 3.63. The van der Waals surface area contributed by atoms with Gasteiger partial charge in [0.15, 0.2) is 0 Å². The van der Waals surface area contributed by atoms with Crippen LogP contribution < -0.4 is 5.73 Å². The largest absolute Gasteiger partial charge is 0.394 e. The van der Waals surface area contributed by atoms with Crippen LogP contribution in [0.1, 0.15) is 6.92 Å². The van der Waals surface area contributed by atoms with Crippen molar-refractivity contribution in [3.63, 3.8) is 0 Å². The molecule has 0 spiro atoms. The molecule has 92 valence electrons. The molecule has 15 heavy (non-hydrogen) atoms. The molecule has 0 fully saturated rings. The molecule has 0 saturated carbocycles. The average molecular weight is 223 g/mol. The first kappa shape index (κ1) is 14.8. The minimum atomic E-state index is -1.29. The highest BCUT2D eigenvalue weighted by atomic mass is 16.5. The van der Waals surface area contributed by atoms with Gasteiger partial charge < -0.3 is 30.2 Å². The maximum absolute atomic E-state index is 9.09. The summed E-state index contributed by atoms with van der Waals surface area (Å²) in [6.07, 6.45) is 0. The number of aliphatic hydroxyl groups is 2. The van der Waals surface area contributed by atoms with Gasteiger partial charge >= 0.3 is 0 Å². The monoisotopic (exact) mass is 223 g/mol. The van der Waals surface area contributed by atoms with Crippen LogP contribution in [0.4, 0.5) is 0 Å². The van der Waals surface area contributed by atoms with Gasteiger partial charge in [0.25, 0.3) is 0 Å². The van der Waals surface area contributed by atoms with Crippen LogP contribution in [0.3, 0.4) is 0 Å². The fraction of sp³-hybridized carbons (Fsp3) is 1.00. The number of hydrogen-bond acceptors (Lipinski definition) is 6. The van der Waals surface area contributed by atoms with E-state index in [9.17, 15) is 0 Å². The Labute approximate surface area is 89.9 Å². The first-order valence-electron chi connectivity index (χ1n) is 4.91. The lowest BCUT2D eigenvalue weighted by Crippen LogP contribution is -2.41. The van der Waals surface area contributed by atoms with E-state index in [4.69, 9.17) is 30.2 Å². The fourth-order valence-electron chi connectivity index (χ4n) is 0.783. The van der Waals surface area contributed by atoms with Gasteiger partial charge in [-0.05, 0) is 6.92 Å². The lowest BCUT2D eigenvalue weighted by Gasteiger charge is -2.16. The van der Waals surface area contributed by atoms with E-state index in [0.29, 0.717) is 33.0 Å². The lowest BCUT2D eigenvalue weighted by atomic mass is 10.3. The Balaban J connectivity index is 2.99. The Morgan fingerprint density at radius 1 is 1.00 bits per heavy atom. The molecule has 0 heterocycles. The van der Waals surface area contributed by atoms with Gasteiger partial charge in [-0.1, -0.05) is 0 Å². The molecular formula is C9H21NO5. The first-order chi connectivity index (χ1) is 7.06. The molecule has 4 N–H and O–H groups in total. The van der Waals surface area contributed by atoms with Crippen LogP contribution in [0.15, 0.2) is 0 Å². The van der Waals surface area contributed by atoms with Gasteiger partial charge in [0, 0.05) is 0 Å². The minimum absolute atomic E-state index is 0.0225. The minimum Gasteiger partial charge on any atom is -0.394 e. The van der Waals surface area contributed by atoms with Crippen LogP contribution in [-0.4, -0.2) is 62.2 Å². The topological polar surface area (TPSA) is 94.2 Å². The smallest absolute Gasteiger partial charge is 0.134 e. The SMILES string of the molecule is CC(N)(O)COCCOCCOCCO. The molecule has 0 amide bonds. The Morgan fingerprint density at radius 2 is 1.47 bits per heavy atom. The molecule has 0 radical (unpaired) electrons. The summed E-state index contributed by atoms with van der Waals surface area (Å²) < 4.78 is 15.2. The number of ether oxygens (including phenoxy) is 3. The van der Waals surface area contributed by atoms with Gasteiger partial charge in [0.05, 0.1) is 46.2 Å². The second-order valence-corrected chi connectivity index (χ2v) is 3.36. The van der Waals surface area contributed by atoms with Crippen LogP contribution in [0.2, 0.25) is 0 Å². The van der Waals surface area contributed by atoms with E-state index in [1.807, 2.05) is 0 Å². The van der Waals surface area contributed by atoms with Crippen molar-refractivity contribution in [2.75, 3.05) is 46.2 Å². The van der Waals surface area contributed by atoms with Crippen molar-refractivity contribution in [1.82, 2.24) is 0 Å². The quantitative estimate of drug-likeness (QED) is 0.315. The van der Waals surface area contributed by atoms with Crippen LogP contribution in [0, 0.1) is 0 Å². The molecule has 1 atom stereocenters. The standard InChI is InChI=1S/C9H21NO5/c1-9(10,12)8-15-7-6-14-5-4-13-3-2-11/h11-12H,2-8,10H2,1H3. The van der Waals surface area contributed by atoms with Crippen molar-refractivity contribution in [2.24, 2.45) is 5.73 Å². The summed E-state index contributed by atoms with van der Waals surface area (Å²) >= 11 is 0. The van der Waals surface area contributed by atoms with E-state index in [1.54, 1.807) is 0 Å². The van der Waals surface area contributed by atoms with Crippen molar-refractivity contribution in [3.8, 4) is 0 Å². The molecule has 0 aromatic heterocycles. The van der Waals surface area contributed by atoms with E-state index in [1.165, 1.54) is 6.92 Å². The third kappa shape index (κ3) is 13.8. The van der Waals surface area contributed by atoms with E-state index in [2.05, 4.69) is 0 Å². The molecule has 0 aromatic rings. The molecular weight excluding hydrogens is 202 g/mol. The summed E-state index contributed by atoms with van der Waals surface area (Å²) in [6, 6.07) is 0. The summed E-state index contributed by atoms with van der Waals surface area (Å²) in [5.41, 5.74) is 3.99. The third-order valence-electron chi connectivity index (χ3n) is 1.37. The molecule has 1 unspecified atom stereocenters. The van der Waals surface area contributed by atoms with Crippen molar-refractivity contribution >= 4 is 0 Å². The summed E-state index contributed by atoms with van der Waals surface area (Å²) in [7, 11) is 0. The summed E-state index contributed by atoms with van der Waals surface area (Å²) in [5.74, 6) is 0. The second kappa shape index (κ2) is 9.02. The fourth-order valence-corrected chi connectivity index (χ4v) is 0.783. The van der Waals surface area contributed by atoms with Gasteiger partial charge in [0.2, 0.25) is 0 Å². The summed E-state index contributed by atoms with van der Waals surface area (Å²) in [4.78, 5) is 0. The normalized spacial score (nSPS) is 15.2. The highest BCUT2D eigenvalue weighted by Crippen LogP contribution is 1.92. The maximum Gasteiger partial charge on any atom is 0.134 e. The van der Waals surface area contributed by atoms with Crippen LogP contribution in [0.5, 0.6) is 0 Å².